The number of aromatic nitrogens is 1. The Kier molecular flexibility index (Phi) is 1.79. The van der Waals surface area contributed by atoms with Gasteiger partial charge in [0, 0.05) is 35.5 Å². The maximum absolute atomic E-state index is 13.7. The monoisotopic (exact) mass is 401 g/mol. The normalized spacial score (nSPS) is 30.5. The molecule has 1 aliphatic rings. The summed E-state index contributed by atoms with van der Waals surface area (Å²) in [6, 6.07) is -11.2. The van der Waals surface area contributed by atoms with Crippen LogP contribution in [0.25, 0.3) is 10.9 Å². The van der Waals surface area contributed by atoms with Crippen molar-refractivity contribution in [2.45, 2.75) is 36.5 Å². The predicted molar refractivity (Wildman–Crippen MR) is 110 cm³/mol. The minimum absolute atomic E-state index is 0.0560. The molecule has 0 saturated carbocycles. The topological polar surface area (TPSA) is 53.2 Å². The van der Waals surface area contributed by atoms with Crippen LogP contribution in [0.1, 0.15) is 48.6 Å². The zero-order chi connectivity index (χ0) is 35.4. The van der Waals surface area contributed by atoms with Crippen molar-refractivity contribution in [1.82, 2.24) is 9.88 Å². The third kappa shape index (κ3) is 3.94. The van der Waals surface area contributed by atoms with Gasteiger partial charge in [0.25, 0.3) is 0 Å². The lowest BCUT2D eigenvalue weighted by molar-refractivity contribution is 0.310. The molecule has 0 bridgehead atoms. The summed E-state index contributed by atoms with van der Waals surface area (Å²) in [5.41, 5.74) is -7.31. The smallest absolute Gasteiger partial charge is 0.178 e. The number of sulfone groups is 1. The van der Waals surface area contributed by atoms with Crippen molar-refractivity contribution >= 4 is 20.7 Å². The molecule has 3 aromatic rings. The van der Waals surface area contributed by atoms with E-state index in [-0.39, 0.29) is 24.4 Å². The minimum atomic E-state index is -5.94. The van der Waals surface area contributed by atoms with Crippen LogP contribution in [0.3, 0.4) is 0 Å². The van der Waals surface area contributed by atoms with E-state index in [9.17, 15) is 8.42 Å². The van der Waals surface area contributed by atoms with E-state index in [4.69, 9.17) is 26.1 Å². The van der Waals surface area contributed by atoms with Crippen LogP contribution in [0.2, 0.25) is 1.41 Å². The summed E-state index contributed by atoms with van der Waals surface area (Å²) in [7, 11) is -5.94. The molecule has 1 saturated heterocycles. The Labute approximate surface area is 187 Å². The summed E-state index contributed by atoms with van der Waals surface area (Å²) in [4.78, 5) is -0.575. The van der Waals surface area contributed by atoms with Gasteiger partial charge in [0.2, 0.25) is 0 Å². The molecule has 1 aromatic heterocycles. The lowest BCUT2D eigenvalue weighted by Crippen LogP contribution is -2.26. The quantitative estimate of drug-likeness (QED) is 0.683. The Bertz CT molecular complexity index is 1850. The maximum Gasteiger partial charge on any atom is 0.178 e. The Morgan fingerprint density at radius 2 is 2.19 bits per heavy atom. The number of hydrogen-bond donors (Lipinski definition) is 1. The largest absolute Gasteiger partial charge is 0.361 e. The standard InChI is InChI=1S/C22H26N2O2S/c1-24-12-5-6-19(24)15-18-16-23-22-10-9-17(14-21(18)22)11-13-27(25,26)20-7-3-2-4-8-20/h2-4,7-10,14,16,19,23H,5-6,11-13,15H2,1H3/t19-/m1/s1/i1D3,2D,3D,4D,7D,8D,9D,10D,11D2,13D2,14D,15D2,16D/hD. The first-order valence-corrected chi connectivity index (χ1v) is 9.42. The van der Waals surface area contributed by atoms with E-state index in [1.807, 2.05) is 0 Å². The van der Waals surface area contributed by atoms with Gasteiger partial charge < -0.3 is 9.88 Å². The second-order valence-electron chi connectivity index (χ2n) is 5.75. The molecule has 5 heteroatoms. The van der Waals surface area contributed by atoms with Crippen molar-refractivity contribution in [2.75, 3.05) is 19.2 Å². The highest BCUT2D eigenvalue weighted by molar-refractivity contribution is 7.91. The van der Waals surface area contributed by atoms with Gasteiger partial charge in [-0.05, 0) is 74.4 Å². The highest BCUT2D eigenvalue weighted by atomic mass is 32.2. The molecule has 2 heterocycles. The van der Waals surface area contributed by atoms with Crippen molar-refractivity contribution in [3.05, 3.63) is 65.6 Å². The van der Waals surface area contributed by atoms with Crippen LogP contribution < -0.4 is 0 Å². The third-order valence-corrected chi connectivity index (χ3v) is 5.05. The third-order valence-electron chi connectivity index (χ3n) is 3.94. The summed E-state index contributed by atoms with van der Waals surface area (Å²) in [6.45, 7) is -2.88. The van der Waals surface area contributed by atoms with Crippen LogP contribution in [0.5, 0.6) is 0 Å². The fourth-order valence-corrected chi connectivity index (χ4v) is 3.33. The van der Waals surface area contributed by atoms with Crippen LogP contribution in [-0.4, -0.2) is 43.6 Å². The van der Waals surface area contributed by atoms with Crippen molar-refractivity contribution in [1.29, 1.82) is 0 Å². The summed E-state index contributed by atoms with van der Waals surface area (Å²) >= 11 is 0. The van der Waals surface area contributed by atoms with E-state index >= 15 is 0 Å². The molecule has 0 unspecified atom stereocenters. The number of likely N-dealkylation sites (tertiary alicyclic amines) is 1. The average molecular weight is 402 g/mol. The van der Waals surface area contributed by atoms with Crippen molar-refractivity contribution in [3.8, 4) is 0 Å². The Hall–Kier alpha value is -2.11. The number of benzene rings is 2. The molecule has 1 atom stereocenters. The molecule has 142 valence electrons. The van der Waals surface area contributed by atoms with Crippen LogP contribution in [0.15, 0.2) is 59.4 Å². The molecule has 27 heavy (non-hydrogen) atoms. The number of fused-ring (bicyclic) bond motifs is 1. The molecular formula is C22H26N2O2S. The Morgan fingerprint density at radius 1 is 1.33 bits per heavy atom. The van der Waals surface area contributed by atoms with Crippen LogP contribution in [0, 0.1) is 0 Å². The van der Waals surface area contributed by atoms with E-state index in [0.29, 0.717) is 0 Å². The van der Waals surface area contributed by atoms with Gasteiger partial charge in [0.1, 0.15) is 0 Å². The fourth-order valence-electron chi connectivity index (χ4n) is 2.62. The first-order valence-electron chi connectivity index (χ1n) is 17.4. The predicted octanol–water partition coefficient (Wildman–Crippen LogP) is 3.82. The molecule has 1 aliphatic heterocycles. The number of H-pyrrole nitrogens is 1. The van der Waals surface area contributed by atoms with E-state index in [0.717, 1.165) is 4.90 Å². The highest BCUT2D eigenvalue weighted by Crippen LogP contribution is 2.26. The molecular weight excluding hydrogens is 356 g/mol. The van der Waals surface area contributed by atoms with Crippen molar-refractivity contribution < 1.29 is 34.5 Å². The van der Waals surface area contributed by atoms with Gasteiger partial charge in [-0.15, -0.1) is 0 Å². The fraction of sp³-hybridized carbons (Fsp3) is 0.364. The van der Waals surface area contributed by atoms with Gasteiger partial charge in [0.05, 0.1) is 22.9 Å². The summed E-state index contributed by atoms with van der Waals surface area (Å²) in [6.07, 6.45) is -7.71. The van der Waals surface area contributed by atoms with E-state index < -0.39 is 123 Å². The summed E-state index contributed by atoms with van der Waals surface area (Å²) < 4.78 is 185. The van der Waals surface area contributed by atoms with Crippen LogP contribution in [0.4, 0.5) is 0 Å². The SMILES string of the molecule is [2H]c1c([2H])c([2H])c(S(=O)(=O)C([2H])([2H])C([2H])([2H])c2c([2H])c([2H])c3c(c2[2H])c(C([2H])([2H])[C@H]2CCCN2C([2H])([2H])[2H])c([2H])n3[2H])c([2H])c1[2H]. The highest BCUT2D eigenvalue weighted by Gasteiger charge is 2.22. The molecule has 0 radical (unpaired) electrons. The minimum Gasteiger partial charge on any atom is -0.361 e. The second kappa shape index (κ2) is 7.49. The first-order chi connectivity index (χ1) is 20.7. The zero-order valence-corrected chi connectivity index (χ0v) is 14.6. The number of rotatable bonds is 6. The van der Waals surface area contributed by atoms with Crippen LogP contribution >= 0.6 is 0 Å². The lowest BCUT2D eigenvalue weighted by atomic mass is 10.0. The number of hydrogen-bond acceptors (Lipinski definition) is 3. The molecule has 2 aromatic carbocycles. The maximum atomic E-state index is 13.7. The van der Waals surface area contributed by atoms with Gasteiger partial charge in [-0.25, -0.2) is 8.42 Å². The summed E-state index contributed by atoms with van der Waals surface area (Å²) in [5.74, 6) is 0. The molecule has 0 amide bonds. The molecule has 4 nitrogen and oxygen atoms in total. The number of nitrogens with one attached hydrogen (secondary N) is 1. The zero-order valence-electron chi connectivity index (χ0n) is 32.8. The van der Waals surface area contributed by atoms with Gasteiger partial charge >= 0.3 is 0 Å². The molecule has 1 fully saturated rings. The second-order valence-corrected chi connectivity index (χ2v) is 7.37. The first kappa shape index (κ1) is 6.46. The van der Waals surface area contributed by atoms with Crippen molar-refractivity contribution in [2.24, 2.45) is 0 Å². The van der Waals surface area contributed by atoms with E-state index in [1.54, 1.807) is 0 Å². The van der Waals surface area contributed by atoms with Gasteiger partial charge in [-0.3, -0.25) is 0 Å². The van der Waals surface area contributed by atoms with Gasteiger partial charge in [-0.2, -0.15) is 0 Å². The van der Waals surface area contributed by atoms with Crippen LogP contribution in [-0.2, 0) is 22.6 Å². The Balaban J connectivity index is 2.07. The van der Waals surface area contributed by atoms with Crippen molar-refractivity contribution in [3.63, 3.8) is 0 Å². The Morgan fingerprint density at radius 3 is 3.00 bits per heavy atom. The average Bonchev–Trinajstić information content (AvgIpc) is 3.54. The number of nitrogens with zero attached hydrogens (tertiary/aromatic N) is 1. The molecule has 0 spiro atoms. The summed E-state index contributed by atoms with van der Waals surface area (Å²) in [5, 5.41) is -0.821. The van der Waals surface area contributed by atoms with Gasteiger partial charge in [-0.1, -0.05) is 24.2 Å². The van der Waals surface area contributed by atoms with E-state index in [2.05, 4.69) is 0 Å². The lowest BCUT2D eigenvalue weighted by Gasteiger charge is -2.18. The number of likely N-dealkylation sites (N-methyl/N-ethyl adjacent to an activating group) is 1. The number of aromatic amines is 1. The molecule has 4 rings (SSSR count). The molecule has 1 N–H and O–H groups in total. The molecule has 0 aliphatic carbocycles. The van der Waals surface area contributed by atoms with Gasteiger partial charge in [0.15, 0.2) is 11.2 Å². The van der Waals surface area contributed by atoms with E-state index in [1.165, 1.54) is 0 Å².